The number of thiazole rings is 1. The molecule has 26 heavy (non-hydrogen) atoms. The van der Waals surface area contributed by atoms with Gasteiger partial charge >= 0.3 is 6.03 Å². The molecule has 0 aliphatic heterocycles. The smallest absolute Gasteiger partial charge is 0.319 e. The molecular formula is C19H17ClFN3OS. The standard InChI is InChI=1S/C19H17ClFN3OS/c1-12-5-7-13(8-6-12)18-23-14(11-26-18)9-10-22-19(25)24-16-4-2-3-15(20)17(16)21/h2-8,11H,9-10H2,1H3,(H2,22,24,25). The lowest BCUT2D eigenvalue weighted by Gasteiger charge is -2.08. The highest BCUT2D eigenvalue weighted by atomic mass is 35.5. The fourth-order valence-corrected chi connectivity index (χ4v) is 3.36. The number of aromatic nitrogens is 1. The minimum absolute atomic E-state index is 0.0334. The molecule has 1 aromatic heterocycles. The topological polar surface area (TPSA) is 54.0 Å². The van der Waals surface area contributed by atoms with Gasteiger partial charge in [0.1, 0.15) is 5.01 Å². The van der Waals surface area contributed by atoms with E-state index in [1.165, 1.54) is 17.7 Å². The molecule has 3 aromatic rings. The van der Waals surface area contributed by atoms with Gasteiger partial charge in [0.15, 0.2) is 5.82 Å². The first-order chi connectivity index (χ1) is 12.5. The van der Waals surface area contributed by atoms with E-state index in [9.17, 15) is 9.18 Å². The van der Waals surface area contributed by atoms with Crippen LogP contribution in [0.15, 0.2) is 47.8 Å². The Bertz CT molecular complexity index is 911. The normalized spacial score (nSPS) is 10.6. The Morgan fingerprint density at radius 2 is 2.00 bits per heavy atom. The van der Waals surface area contributed by atoms with Crippen LogP contribution >= 0.6 is 22.9 Å². The van der Waals surface area contributed by atoms with Gasteiger partial charge in [0.05, 0.1) is 16.4 Å². The van der Waals surface area contributed by atoms with Gasteiger partial charge in [0, 0.05) is 23.9 Å². The second-order valence-electron chi connectivity index (χ2n) is 5.74. The Kier molecular flexibility index (Phi) is 5.85. The van der Waals surface area contributed by atoms with Crippen molar-refractivity contribution in [2.24, 2.45) is 0 Å². The lowest BCUT2D eigenvalue weighted by atomic mass is 10.2. The molecular weight excluding hydrogens is 373 g/mol. The van der Waals surface area contributed by atoms with Gasteiger partial charge in [0.25, 0.3) is 0 Å². The molecule has 0 saturated heterocycles. The van der Waals surface area contributed by atoms with Gasteiger partial charge in [-0.05, 0) is 19.1 Å². The fraction of sp³-hybridized carbons (Fsp3) is 0.158. The summed E-state index contributed by atoms with van der Waals surface area (Å²) in [7, 11) is 0. The number of halogens is 2. The molecule has 134 valence electrons. The number of hydrogen-bond donors (Lipinski definition) is 2. The lowest BCUT2D eigenvalue weighted by molar-refractivity contribution is 0.252. The molecule has 0 fully saturated rings. The van der Waals surface area contributed by atoms with Crippen molar-refractivity contribution >= 4 is 34.7 Å². The predicted octanol–water partition coefficient (Wildman–Crippen LogP) is 5.28. The molecule has 1 heterocycles. The average Bonchev–Trinajstić information content (AvgIpc) is 3.08. The summed E-state index contributed by atoms with van der Waals surface area (Å²) >= 11 is 7.26. The SMILES string of the molecule is Cc1ccc(-c2nc(CCNC(=O)Nc3cccc(Cl)c3F)cs2)cc1. The molecule has 0 aliphatic rings. The summed E-state index contributed by atoms with van der Waals surface area (Å²) in [5, 5.41) is 8.03. The third kappa shape index (κ3) is 4.59. The number of aryl methyl sites for hydroxylation is 1. The summed E-state index contributed by atoms with van der Waals surface area (Å²) in [6.07, 6.45) is 0.591. The second kappa shape index (κ2) is 8.29. The lowest BCUT2D eigenvalue weighted by Crippen LogP contribution is -2.30. The quantitative estimate of drug-likeness (QED) is 0.624. The van der Waals surface area contributed by atoms with E-state index in [0.717, 1.165) is 16.3 Å². The maximum atomic E-state index is 13.8. The van der Waals surface area contributed by atoms with Crippen molar-refractivity contribution in [1.82, 2.24) is 10.3 Å². The number of urea groups is 1. The summed E-state index contributed by atoms with van der Waals surface area (Å²) in [4.78, 5) is 16.5. The molecule has 0 radical (unpaired) electrons. The summed E-state index contributed by atoms with van der Waals surface area (Å²) < 4.78 is 13.8. The number of amides is 2. The van der Waals surface area contributed by atoms with Crippen molar-refractivity contribution in [3.05, 3.63) is 69.9 Å². The first-order valence-electron chi connectivity index (χ1n) is 8.03. The van der Waals surface area contributed by atoms with Crippen LogP contribution in [0.1, 0.15) is 11.3 Å². The highest BCUT2D eigenvalue weighted by molar-refractivity contribution is 7.13. The van der Waals surface area contributed by atoms with E-state index >= 15 is 0 Å². The molecule has 0 spiro atoms. The zero-order chi connectivity index (χ0) is 18.5. The van der Waals surface area contributed by atoms with Gasteiger partial charge in [-0.15, -0.1) is 11.3 Å². The number of rotatable bonds is 5. The maximum Gasteiger partial charge on any atom is 0.319 e. The van der Waals surface area contributed by atoms with E-state index in [1.807, 2.05) is 24.4 Å². The third-order valence-electron chi connectivity index (χ3n) is 3.72. The summed E-state index contributed by atoms with van der Waals surface area (Å²) in [5.41, 5.74) is 3.23. The van der Waals surface area contributed by atoms with Crippen LogP contribution in [-0.2, 0) is 6.42 Å². The molecule has 0 bridgehead atoms. The van der Waals surface area contributed by atoms with Crippen molar-refractivity contribution in [3.63, 3.8) is 0 Å². The Hall–Kier alpha value is -2.44. The van der Waals surface area contributed by atoms with Crippen molar-refractivity contribution in [2.75, 3.05) is 11.9 Å². The van der Waals surface area contributed by atoms with Crippen LogP contribution in [0.5, 0.6) is 0 Å². The fourth-order valence-electron chi connectivity index (χ4n) is 2.32. The van der Waals surface area contributed by atoms with Crippen LogP contribution < -0.4 is 10.6 Å². The Balaban J connectivity index is 1.51. The minimum Gasteiger partial charge on any atom is -0.337 e. The average molecular weight is 390 g/mol. The zero-order valence-electron chi connectivity index (χ0n) is 14.1. The molecule has 2 N–H and O–H groups in total. The molecule has 7 heteroatoms. The van der Waals surface area contributed by atoms with Crippen LogP contribution in [-0.4, -0.2) is 17.6 Å². The highest BCUT2D eigenvalue weighted by Crippen LogP contribution is 2.24. The van der Waals surface area contributed by atoms with Gasteiger partial charge in [0.2, 0.25) is 0 Å². The minimum atomic E-state index is -0.647. The van der Waals surface area contributed by atoms with E-state index in [1.54, 1.807) is 17.4 Å². The van der Waals surface area contributed by atoms with Crippen LogP contribution in [0.2, 0.25) is 5.02 Å². The molecule has 0 aliphatic carbocycles. The number of hydrogen-bond acceptors (Lipinski definition) is 3. The van der Waals surface area contributed by atoms with Crippen molar-refractivity contribution in [3.8, 4) is 10.6 Å². The van der Waals surface area contributed by atoms with Crippen molar-refractivity contribution in [1.29, 1.82) is 0 Å². The highest BCUT2D eigenvalue weighted by Gasteiger charge is 2.10. The van der Waals surface area contributed by atoms with Gasteiger partial charge < -0.3 is 10.6 Å². The first-order valence-corrected chi connectivity index (χ1v) is 9.29. The van der Waals surface area contributed by atoms with Crippen LogP contribution in [0.4, 0.5) is 14.9 Å². The molecule has 4 nitrogen and oxygen atoms in total. The van der Waals surface area contributed by atoms with Gasteiger partial charge in [-0.2, -0.15) is 0 Å². The number of carbonyl (C=O) groups excluding carboxylic acids is 1. The number of carbonyl (C=O) groups is 1. The Labute approximate surface area is 160 Å². The number of nitrogens with zero attached hydrogens (tertiary/aromatic N) is 1. The largest absolute Gasteiger partial charge is 0.337 e. The molecule has 0 unspecified atom stereocenters. The van der Waals surface area contributed by atoms with Crippen molar-refractivity contribution < 1.29 is 9.18 Å². The molecule has 0 saturated carbocycles. The third-order valence-corrected chi connectivity index (χ3v) is 4.95. The Morgan fingerprint density at radius 1 is 1.23 bits per heavy atom. The Morgan fingerprint density at radius 3 is 2.77 bits per heavy atom. The predicted molar refractivity (Wildman–Crippen MR) is 104 cm³/mol. The van der Waals surface area contributed by atoms with Crippen LogP contribution in [0.3, 0.4) is 0 Å². The van der Waals surface area contributed by atoms with Gasteiger partial charge in [-0.25, -0.2) is 14.2 Å². The number of anilines is 1. The zero-order valence-corrected chi connectivity index (χ0v) is 15.6. The molecule has 0 atom stereocenters. The van der Waals surface area contributed by atoms with Crippen molar-refractivity contribution in [2.45, 2.75) is 13.3 Å². The van der Waals surface area contributed by atoms with E-state index in [4.69, 9.17) is 11.6 Å². The second-order valence-corrected chi connectivity index (χ2v) is 7.01. The molecule has 2 amide bonds. The number of nitrogens with one attached hydrogen (secondary N) is 2. The number of benzene rings is 2. The first kappa shape index (κ1) is 18.4. The molecule has 2 aromatic carbocycles. The van der Waals surface area contributed by atoms with E-state index in [0.29, 0.717) is 13.0 Å². The summed E-state index contributed by atoms with van der Waals surface area (Å²) in [5.74, 6) is -0.647. The van der Waals surface area contributed by atoms with Gasteiger partial charge in [-0.3, -0.25) is 0 Å². The summed E-state index contributed by atoms with van der Waals surface area (Å²) in [6, 6.07) is 12.2. The van der Waals surface area contributed by atoms with Crippen LogP contribution in [0, 0.1) is 12.7 Å². The van der Waals surface area contributed by atoms with E-state index < -0.39 is 11.8 Å². The maximum absolute atomic E-state index is 13.8. The van der Waals surface area contributed by atoms with E-state index in [-0.39, 0.29) is 10.7 Å². The van der Waals surface area contributed by atoms with Gasteiger partial charge in [-0.1, -0.05) is 47.5 Å². The summed E-state index contributed by atoms with van der Waals surface area (Å²) in [6.45, 7) is 2.44. The van der Waals surface area contributed by atoms with Crippen LogP contribution in [0.25, 0.3) is 10.6 Å². The monoisotopic (exact) mass is 389 g/mol. The molecule has 3 rings (SSSR count). The van der Waals surface area contributed by atoms with E-state index in [2.05, 4.69) is 27.8 Å².